The van der Waals surface area contributed by atoms with Crippen LogP contribution in [0.3, 0.4) is 0 Å². The molecule has 6 nitrogen and oxygen atoms in total. The quantitative estimate of drug-likeness (QED) is 0.398. The molecule has 2 heterocycles. The molecule has 7 heteroatoms. The second-order valence-corrected chi connectivity index (χ2v) is 9.13. The number of nitrogens with zero attached hydrogens (tertiary/aromatic N) is 3. The van der Waals surface area contributed by atoms with Gasteiger partial charge in [-0.2, -0.15) is 0 Å². The van der Waals surface area contributed by atoms with Crippen molar-refractivity contribution in [2.75, 3.05) is 26.2 Å². The largest absolute Gasteiger partial charge is 0.341 e. The Hall–Kier alpha value is -2.77. The molecule has 1 aromatic heterocycles. The van der Waals surface area contributed by atoms with Gasteiger partial charge in [-0.25, -0.2) is 0 Å². The lowest BCUT2D eigenvalue weighted by Gasteiger charge is -2.22. The maximum Gasteiger partial charge on any atom is 0.262 e. The predicted octanol–water partition coefficient (Wildman–Crippen LogP) is 4.35. The summed E-state index contributed by atoms with van der Waals surface area (Å²) >= 11 is 5.38. The molecular weight excluding hydrogens is 432 g/mol. The highest BCUT2D eigenvalue weighted by atomic mass is 32.1. The minimum Gasteiger partial charge on any atom is -0.341 e. The van der Waals surface area contributed by atoms with Gasteiger partial charge in [0.2, 0.25) is 5.91 Å². The number of unbranched alkanes of at least 4 members (excludes halogenated alkanes) is 2. The monoisotopic (exact) mass is 464 g/mol. The molecule has 0 spiro atoms. The van der Waals surface area contributed by atoms with Crippen molar-refractivity contribution in [2.24, 2.45) is 0 Å². The number of hydrogen-bond donors (Lipinski definition) is 1. The van der Waals surface area contributed by atoms with E-state index in [2.05, 4.69) is 34.1 Å². The summed E-state index contributed by atoms with van der Waals surface area (Å²) in [6.45, 7) is 5.10. The Morgan fingerprint density at radius 3 is 2.55 bits per heavy atom. The summed E-state index contributed by atoms with van der Waals surface area (Å²) in [6.07, 6.45) is 4.14. The van der Waals surface area contributed by atoms with E-state index in [0.717, 1.165) is 63.9 Å². The molecule has 4 rings (SSSR count). The summed E-state index contributed by atoms with van der Waals surface area (Å²) in [4.78, 5) is 33.0. The van der Waals surface area contributed by atoms with Crippen molar-refractivity contribution in [1.29, 1.82) is 0 Å². The summed E-state index contributed by atoms with van der Waals surface area (Å²) < 4.78 is 2.09. The Morgan fingerprint density at radius 1 is 0.909 bits per heavy atom. The van der Waals surface area contributed by atoms with E-state index in [1.165, 1.54) is 5.56 Å². The van der Waals surface area contributed by atoms with Crippen LogP contribution >= 0.6 is 12.2 Å². The minimum atomic E-state index is -0.0462. The third-order valence-corrected chi connectivity index (χ3v) is 6.67. The van der Waals surface area contributed by atoms with Crippen LogP contribution in [0.5, 0.6) is 0 Å². The molecule has 33 heavy (non-hydrogen) atoms. The number of hydrogen-bond acceptors (Lipinski definition) is 4. The normalized spacial score (nSPS) is 15.0. The molecule has 1 fully saturated rings. The number of nitrogens with one attached hydrogen (secondary N) is 1. The van der Waals surface area contributed by atoms with Gasteiger partial charge in [0.05, 0.1) is 10.9 Å². The number of para-hydroxylation sites is 1. The molecule has 1 aliphatic rings. The molecule has 0 atom stereocenters. The lowest BCUT2D eigenvalue weighted by molar-refractivity contribution is -0.131. The van der Waals surface area contributed by atoms with Gasteiger partial charge in [0, 0.05) is 45.7 Å². The van der Waals surface area contributed by atoms with Crippen LogP contribution in [0.25, 0.3) is 10.9 Å². The summed E-state index contributed by atoms with van der Waals surface area (Å²) in [5.41, 5.74) is 2.05. The number of H-pyrrole nitrogens is 1. The average molecular weight is 465 g/mol. The van der Waals surface area contributed by atoms with Crippen molar-refractivity contribution < 1.29 is 4.79 Å². The SMILES string of the molecule is O=C(CCCCCn1c(=S)[nH]c2ccccc2c1=O)N1CCCN(Cc2ccccc2)CC1. The topological polar surface area (TPSA) is 61.3 Å². The molecule has 1 aliphatic heterocycles. The van der Waals surface area contributed by atoms with Crippen molar-refractivity contribution in [1.82, 2.24) is 19.4 Å². The molecule has 3 aromatic rings. The first-order valence-corrected chi connectivity index (χ1v) is 12.3. The average Bonchev–Trinajstić information content (AvgIpc) is 3.07. The highest BCUT2D eigenvalue weighted by Crippen LogP contribution is 2.12. The van der Waals surface area contributed by atoms with Crippen LogP contribution in [0.2, 0.25) is 0 Å². The van der Waals surface area contributed by atoms with Gasteiger partial charge in [0.1, 0.15) is 0 Å². The molecule has 0 radical (unpaired) electrons. The molecule has 2 aromatic carbocycles. The van der Waals surface area contributed by atoms with Crippen LogP contribution in [-0.2, 0) is 17.9 Å². The first-order valence-electron chi connectivity index (χ1n) is 11.9. The Kier molecular flexibility index (Phi) is 8.07. The third-order valence-electron chi connectivity index (χ3n) is 6.35. The van der Waals surface area contributed by atoms with Gasteiger partial charge >= 0.3 is 0 Å². The number of rotatable bonds is 8. The maximum atomic E-state index is 12.7. The minimum absolute atomic E-state index is 0.0462. The fourth-order valence-corrected chi connectivity index (χ4v) is 4.79. The van der Waals surface area contributed by atoms with E-state index in [1.54, 1.807) is 4.57 Å². The zero-order chi connectivity index (χ0) is 23.0. The number of carbonyl (C=O) groups is 1. The van der Waals surface area contributed by atoms with E-state index in [1.807, 2.05) is 35.2 Å². The van der Waals surface area contributed by atoms with Crippen molar-refractivity contribution in [2.45, 2.75) is 45.2 Å². The number of aromatic nitrogens is 2. The molecule has 0 bridgehead atoms. The van der Waals surface area contributed by atoms with E-state index < -0.39 is 0 Å². The summed E-state index contributed by atoms with van der Waals surface area (Å²) in [5.74, 6) is 0.247. The van der Waals surface area contributed by atoms with Gasteiger partial charge in [0.15, 0.2) is 4.77 Å². The smallest absolute Gasteiger partial charge is 0.262 e. The van der Waals surface area contributed by atoms with Gasteiger partial charge in [-0.1, -0.05) is 48.9 Å². The van der Waals surface area contributed by atoms with Crippen LogP contribution in [0.1, 0.15) is 37.7 Å². The second kappa shape index (κ2) is 11.4. The van der Waals surface area contributed by atoms with Crippen LogP contribution in [-0.4, -0.2) is 51.4 Å². The number of fused-ring (bicyclic) bond motifs is 1. The van der Waals surface area contributed by atoms with Crippen molar-refractivity contribution >= 4 is 29.0 Å². The molecule has 0 saturated carbocycles. The number of amides is 1. The van der Waals surface area contributed by atoms with Crippen LogP contribution in [0, 0.1) is 4.77 Å². The predicted molar refractivity (Wildman–Crippen MR) is 135 cm³/mol. The molecule has 174 valence electrons. The van der Waals surface area contributed by atoms with Crippen molar-refractivity contribution in [3.63, 3.8) is 0 Å². The molecule has 1 N–H and O–H groups in total. The second-order valence-electron chi connectivity index (χ2n) is 8.74. The highest BCUT2D eigenvalue weighted by molar-refractivity contribution is 7.71. The van der Waals surface area contributed by atoms with Crippen LogP contribution in [0.4, 0.5) is 0 Å². The Balaban J connectivity index is 1.20. The Bertz CT molecular complexity index is 1190. The number of aromatic amines is 1. The molecule has 1 saturated heterocycles. The fourth-order valence-electron chi connectivity index (χ4n) is 4.50. The summed E-state index contributed by atoms with van der Waals surface area (Å²) in [7, 11) is 0. The number of carbonyl (C=O) groups excluding carboxylic acids is 1. The zero-order valence-corrected chi connectivity index (χ0v) is 19.9. The van der Waals surface area contributed by atoms with Crippen LogP contribution < -0.4 is 5.56 Å². The molecule has 1 amide bonds. The first-order chi connectivity index (χ1) is 16.1. The van der Waals surface area contributed by atoms with Gasteiger partial charge in [-0.05, 0) is 49.2 Å². The lowest BCUT2D eigenvalue weighted by atomic mass is 10.1. The standard InChI is InChI=1S/C26H32N4O2S/c31-24(29-16-9-15-28(18-19-29)20-21-10-3-1-4-11-21)14-5-2-8-17-30-25(32)22-12-6-7-13-23(22)27-26(30)33/h1,3-4,6-7,10-13H,2,5,8-9,14-20H2,(H,27,33). The van der Waals surface area contributed by atoms with E-state index >= 15 is 0 Å². The van der Waals surface area contributed by atoms with Gasteiger partial charge in [-0.3, -0.25) is 19.1 Å². The van der Waals surface area contributed by atoms with E-state index in [4.69, 9.17) is 12.2 Å². The molecule has 0 aliphatic carbocycles. The fraction of sp³-hybridized carbons (Fsp3) is 0.423. The van der Waals surface area contributed by atoms with Gasteiger partial charge in [-0.15, -0.1) is 0 Å². The van der Waals surface area contributed by atoms with Gasteiger partial charge < -0.3 is 9.88 Å². The van der Waals surface area contributed by atoms with Crippen LogP contribution in [0.15, 0.2) is 59.4 Å². The highest BCUT2D eigenvalue weighted by Gasteiger charge is 2.18. The van der Waals surface area contributed by atoms with Crippen molar-refractivity contribution in [3.05, 3.63) is 75.3 Å². The summed E-state index contributed by atoms with van der Waals surface area (Å²) in [6, 6.07) is 18.0. The zero-order valence-electron chi connectivity index (χ0n) is 19.0. The van der Waals surface area contributed by atoms with E-state index in [0.29, 0.717) is 23.1 Å². The van der Waals surface area contributed by atoms with E-state index in [9.17, 15) is 9.59 Å². The Labute approximate surface area is 199 Å². The van der Waals surface area contributed by atoms with Crippen molar-refractivity contribution in [3.8, 4) is 0 Å². The Morgan fingerprint density at radius 2 is 1.70 bits per heavy atom. The third kappa shape index (κ3) is 6.18. The molecule has 0 unspecified atom stereocenters. The van der Waals surface area contributed by atoms with E-state index in [-0.39, 0.29) is 11.5 Å². The lowest BCUT2D eigenvalue weighted by Crippen LogP contribution is -2.34. The van der Waals surface area contributed by atoms with Gasteiger partial charge in [0.25, 0.3) is 5.56 Å². The number of benzene rings is 2. The summed E-state index contributed by atoms with van der Waals surface area (Å²) in [5, 5.41) is 0.656. The maximum absolute atomic E-state index is 12.7. The molecular formula is C26H32N4O2S. The first kappa shape index (κ1) is 23.4.